The Kier molecular flexibility index (Phi) is 7.82. The van der Waals surface area contributed by atoms with Crippen LogP contribution in [0.2, 0.25) is 0 Å². The van der Waals surface area contributed by atoms with Gasteiger partial charge in [0.15, 0.2) is 0 Å². The molecule has 0 aromatic heterocycles. The highest BCUT2D eigenvalue weighted by atomic mass is 32.2. The highest BCUT2D eigenvalue weighted by molar-refractivity contribution is 7.92. The fourth-order valence-electron chi connectivity index (χ4n) is 4.45. The average molecular weight is 459 g/mol. The standard InChI is InChI=1S/C25H34N2O4S/c1-5-23(20-12-11-18-9-7-8-10-19(18)17-20)26-25(28)24(6-2)27(32(4,29)30)21-13-15-22(31-3)16-14-21/h11-17,23-24H,5-10H2,1-4H3,(H,26,28)/t23-,24-/m1/s1. The minimum absolute atomic E-state index is 0.166. The molecule has 0 aliphatic heterocycles. The lowest BCUT2D eigenvalue weighted by atomic mass is 9.88. The molecule has 0 unspecified atom stereocenters. The zero-order valence-corrected chi connectivity index (χ0v) is 20.2. The number of hydrogen-bond acceptors (Lipinski definition) is 4. The average Bonchev–Trinajstić information content (AvgIpc) is 2.79. The molecule has 1 aliphatic rings. The molecule has 3 rings (SSSR count). The lowest BCUT2D eigenvalue weighted by Gasteiger charge is -2.31. The summed E-state index contributed by atoms with van der Waals surface area (Å²) in [5.74, 6) is 0.330. The van der Waals surface area contributed by atoms with Gasteiger partial charge in [0.05, 0.1) is 25.1 Å². The molecular formula is C25H34N2O4S. The van der Waals surface area contributed by atoms with E-state index in [0.717, 1.165) is 31.1 Å². The maximum absolute atomic E-state index is 13.3. The summed E-state index contributed by atoms with van der Waals surface area (Å²) >= 11 is 0. The van der Waals surface area contributed by atoms with Gasteiger partial charge in [-0.05, 0) is 79.5 Å². The summed E-state index contributed by atoms with van der Waals surface area (Å²) in [6.07, 6.45) is 6.82. The minimum atomic E-state index is -3.68. The lowest BCUT2D eigenvalue weighted by molar-refractivity contribution is -0.123. The van der Waals surface area contributed by atoms with Crippen molar-refractivity contribution >= 4 is 21.6 Å². The summed E-state index contributed by atoms with van der Waals surface area (Å²) in [5, 5.41) is 3.12. The second-order valence-corrected chi connectivity index (χ2v) is 10.2. The first kappa shape index (κ1) is 24.1. The number of sulfonamides is 1. The number of anilines is 1. The number of rotatable bonds is 9. The molecular weight excluding hydrogens is 424 g/mol. The summed E-state index contributed by atoms with van der Waals surface area (Å²) < 4.78 is 31.8. The van der Waals surface area contributed by atoms with Gasteiger partial charge in [-0.25, -0.2) is 8.42 Å². The fourth-order valence-corrected chi connectivity index (χ4v) is 5.66. The third-order valence-corrected chi connectivity index (χ3v) is 7.34. The molecule has 0 saturated carbocycles. The SMILES string of the molecule is CC[C@H](C(=O)N[C@H](CC)c1ccc2c(c1)CCCC2)N(c1ccc(OC)cc1)S(C)(=O)=O. The molecule has 0 heterocycles. The Morgan fingerprint density at radius 3 is 2.25 bits per heavy atom. The zero-order chi connectivity index (χ0) is 23.3. The van der Waals surface area contributed by atoms with E-state index in [4.69, 9.17) is 4.74 Å². The number of fused-ring (bicyclic) bond motifs is 1. The van der Waals surface area contributed by atoms with Crippen molar-refractivity contribution in [2.45, 2.75) is 64.5 Å². The van der Waals surface area contributed by atoms with E-state index in [9.17, 15) is 13.2 Å². The maximum Gasteiger partial charge on any atom is 0.244 e. The number of carbonyl (C=O) groups is 1. The van der Waals surface area contributed by atoms with Crippen molar-refractivity contribution in [2.75, 3.05) is 17.7 Å². The first-order chi connectivity index (χ1) is 15.3. The number of carbonyl (C=O) groups excluding carboxylic acids is 1. The van der Waals surface area contributed by atoms with Crippen molar-refractivity contribution in [3.05, 3.63) is 59.2 Å². The number of amides is 1. The number of aryl methyl sites for hydroxylation is 2. The van der Waals surface area contributed by atoms with Crippen molar-refractivity contribution in [2.24, 2.45) is 0 Å². The predicted molar refractivity (Wildman–Crippen MR) is 129 cm³/mol. The molecule has 6 nitrogen and oxygen atoms in total. The molecule has 2 atom stereocenters. The molecule has 2 aromatic rings. The van der Waals surface area contributed by atoms with Gasteiger partial charge in [0.2, 0.25) is 15.9 Å². The number of hydrogen-bond donors (Lipinski definition) is 1. The quantitative estimate of drug-likeness (QED) is 0.605. The van der Waals surface area contributed by atoms with Crippen molar-refractivity contribution in [3.63, 3.8) is 0 Å². The molecule has 32 heavy (non-hydrogen) atoms. The van der Waals surface area contributed by atoms with Crippen LogP contribution in [0.4, 0.5) is 5.69 Å². The highest BCUT2D eigenvalue weighted by Gasteiger charge is 2.32. The van der Waals surface area contributed by atoms with Gasteiger partial charge in [0.25, 0.3) is 0 Å². The smallest absolute Gasteiger partial charge is 0.244 e. The number of nitrogens with one attached hydrogen (secondary N) is 1. The van der Waals surface area contributed by atoms with Crippen molar-refractivity contribution in [3.8, 4) is 5.75 Å². The second kappa shape index (κ2) is 10.4. The van der Waals surface area contributed by atoms with Gasteiger partial charge in [-0.2, -0.15) is 0 Å². The van der Waals surface area contributed by atoms with Gasteiger partial charge in [0.1, 0.15) is 11.8 Å². The molecule has 1 N–H and O–H groups in total. The van der Waals surface area contributed by atoms with Crippen LogP contribution in [0.15, 0.2) is 42.5 Å². The summed E-state index contributed by atoms with van der Waals surface area (Å²) in [4.78, 5) is 13.3. The Labute approximate surface area is 192 Å². The Balaban J connectivity index is 1.86. The van der Waals surface area contributed by atoms with Crippen LogP contribution in [0.1, 0.15) is 62.3 Å². The van der Waals surface area contributed by atoms with Gasteiger partial charge >= 0.3 is 0 Å². The van der Waals surface area contributed by atoms with Crippen molar-refractivity contribution in [1.29, 1.82) is 0 Å². The van der Waals surface area contributed by atoms with E-state index in [1.165, 1.54) is 28.3 Å². The zero-order valence-electron chi connectivity index (χ0n) is 19.4. The Morgan fingerprint density at radius 2 is 1.69 bits per heavy atom. The molecule has 0 bridgehead atoms. The van der Waals surface area contributed by atoms with Crippen LogP contribution in [-0.2, 0) is 27.7 Å². The molecule has 0 spiro atoms. The third-order valence-electron chi connectivity index (χ3n) is 6.16. The van der Waals surface area contributed by atoms with Crippen LogP contribution in [0, 0.1) is 0 Å². The van der Waals surface area contributed by atoms with Crippen molar-refractivity contribution in [1.82, 2.24) is 5.32 Å². The largest absolute Gasteiger partial charge is 0.497 e. The summed E-state index contributed by atoms with van der Waals surface area (Å²) in [5.41, 5.74) is 4.28. The lowest BCUT2D eigenvalue weighted by Crippen LogP contribution is -2.50. The van der Waals surface area contributed by atoms with E-state index in [-0.39, 0.29) is 11.9 Å². The Bertz CT molecular complexity index is 1030. The second-order valence-electron chi connectivity index (χ2n) is 8.39. The van der Waals surface area contributed by atoms with Gasteiger partial charge in [-0.3, -0.25) is 9.10 Å². The van der Waals surface area contributed by atoms with Crippen LogP contribution < -0.4 is 14.4 Å². The predicted octanol–water partition coefficient (Wildman–Crippen LogP) is 4.39. The molecule has 1 aliphatic carbocycles. The first-order valence-corrected chi connectivity index (χ1v) is 13.2. The van der Waals surface area contributed by atoms with E-state index in [1.807, 2.05) is 13.8 Å². The van der Waals surface area contributed by atoms with Crippen molar-refractivity contribution < 1.29 is 17.9 Å². The Morgan fingerprint density at radius 1 is 1.03 bits per heavy atom. The van der Waals surface area contributed by atoms with E-state index in [0.29, 0.717) is 17.9 Å². The van der Waals surface area contributed by atoms with E-state index >= 15 is 0 Å². The molecule has 174 valence electrons. The van der Waals surface area contributed by atoms with E-state index in [1.54, 1.807) is 31.4 Å². The minimum Gasteiger partial charge on any atom is -0.497 e. The molecule has 2 aromatic carbocycles. The van der Waals surface area contributed by atoms with Crippen LogP contribution in [0.25, 0.3) is 0 Å². The normalized spacial score (nSPS) is 15.4. The Hall–Kier alpha value is -2.54. The maximum atomic E-state index is 13.3. The summed E-state index contributed by atoms with van der Waals surface area (Å²) in [6.45, 7) is 3.86. The topological polar surface area (TPSA) is 75.7 Å². The van der Waals surface area contributed by atoms with Crippen LogP contribution in [0.3, 0.4) is 0 Å². The highest BCUT2D eigenvalue weighted by Crippen LogP contribution is 2.28. The number of ether oxygens (including phenoxy) is 1. The molecule has 0 saturated heterocycles. The van der Waals surface area contributed by atoms with Gasteiger partial charge < -0.3 is 10.1 Å². The first-order valence-electron chi connectivity index (χ1n) is 11.3. The summed E-state index contributed by atoms with van der Waals surface area (Å²) in [7, 11) is -2.13. The van der Waals surface area contributed by atoms with Crippen LogP contribution >= 0.6 is 0 Å². The molecule has 1 amide bonds. The van der Waals surface area contributed by atoms with Crippen LogP contribution in [0.5, 0.6) is 5.75 Å². The number of nitrogens with zero attached hydrogens (tertiary/aromatic N) is 1. The number of methoxy groups -OCH3 is 1. The van der Waals surface area contributed by atoms with Crippen LogP contribution in [-0.4, -0.2) is 33.7 Å². The molecule has 0 radical (unpaired) electrons. The van der Waals surface area contributed by atoms with Gasteiger partial charge in [0, 0.05) is 0 Å². The molecule has 0 fully saturated rings. The third kappa shape index (κ3) is 5.44. The summed E-state index contributed by atoms with van der Waals surface area (Å²) in [6, 6.07) is 12.2. The van der Waals surface area contributed by atoms with Gasteiger partial charge in [-0.1, -0.05) is 32.0 Å². The van der Waals surface area contributed by atoms with Gasteiger partial charge in [-0.15, -0.1) is 0 Å². The number of benzene rings is 2. The monoisotopic (exact) mass is 458 g/mol. The molecule has 7 heteroatoms. The fraction of sp³-hybridized carbons (Fsp3) is 0.480. The van der Waals surface area contributed by atoms with E-state index < -0.39 is 16.1 Å². The van der Waals surface area contributed by atoms with E-state index in [2.05, 4.69) is 23.5 Å².